The van der Waals surface area contributed by atoms with Crippen LogP contribution in [0, 0.1) is 0 Å². The first-order valence-electron chi connectivity index (χ1n) is 7.91. The van der Waals surface area contributed by atoms with E-state index >= 15 is 0 Å². The Labute approximate surface area is 165 Å². The number of carbonyl (C=O) groups is 2. The molecule has 2 aliphatic rings. The molecule has 1 atom stereocenters. The molecule has 0 saturated carbocycles. The molecule has 1 aromatic carbocycles. The zero-order chi connectivity index (χ0) is 18.9. The summed E-state index contributed by atoms with van der Waals surface area (Å²) >= 11 is 17.2. The predicted octanol–water partition coefficient (Wildman–Crippen LogP) is 4.32. The summed E-state index contributed by atoms with van der Waals surface area (Å²) in [7, 11) is 1.17. The standard InChI is InChI=1S/C17H16Cl3NO5/c1-24-16(23)21(15(22)17(18,19)20)12-5-3-2-4-11(12)10-6-7-13-14(8-10)26-9-25-13/h4,6-8,12H,2-3,5,9H2,1H3. The molecule has 2 amide bonds. The van der Waals surface area contributed by atoms with Gasteiger partial charge in [0.15, 0.2) is 11.5 Å². The van der Waals surface area contributed by atoms with Gasteiger partial charge in [-0.15, -0.1) is 0 Å². The monoisotopic (exact) mass is 419 g/mol. The maximum Gasteiger partial charge on any atom is 0.416 e. The van der Waals surface area contributed by atoms with Gasteiger partial charge >= 0.3 is 6.09 Å². The largest absolute Gasteiger partial charge is 0.454 e. The predicted molar refractivity (Wildman–Crippen MR) is 97.7 cm³/mol. The van der Waals surface area contributed by atoms with E-state index in [2.05, 4.69) is 0 Å². The summed E-state index contributed by atoms with van der Waals surface area (Å²) in [6, 6.07) is 4.82. The zero-order valence-electron chi connectivity index (χ0n) is 13.8. The van der Waals surface area contributed by atoms with Crippen LogP contribution < -0.4 is 9.47 Å². The molecule has 3 rings (SSSR count). The van der Waals surface area contributed by atoms with Crippen LogP contribution in [0.3, 0.4) is 0 Å². The first kappa shape index (κ1) is 19.1. The second-order valence-corrected chi connectivity index (χ2v) is 8.10. The van der Waals surface area contributed by atoms with E-state index in [9.17, 15) is 9.59 Å². The van der Waals surface area contributed by atoms with Crippen molar-refractivity contribution in [2.75, 3.05) is 13.9 Å². The van der Waals surface area contributed by atoms with Gasteiger partial charge in [-0.1, -0.05) is 46.9 Å². The quantitative estimate of drug-likeness (QED) is 0.667. The molecular weight excluding hydrogens is 405 g/mol. The van der Waals surface area contributed by atoms with Gasteiger partial charge in [0, 0.05) is 0 Å². The number of amides is 2. The maximum atomic E-state index is 12.6. The summed E-state index contributed by atoms with van der Waals surface area (Å²) in [5, 5.41) is 0. The molecule has 1 heterocycles. The van der Waals surface area contributed by atoms with Crippen LogP contribution in [-0.2, 0) is 9.53 Å². The number of halogens is 3. The Morgan fingerprint density at radius 1 is 1.23 bits per heavy atom. The van der Waals surface area contributed by atoms with Crippen molar-refractivity contribution in [3.05, 3.63) is 29.8 Å². The average Bonchev–Trinajstić information content (AvgIpc) is 3.09. The van der Waals surface area contributed by atoms with Crippen LogP contribution >= 0.6 is 34.8 Å². The molecule has 0 N–H and O–H groups in total. The van der Waals surface area contributed by atoms with Crippen LogP contribution in [0.4, 0.5) is 4.79 Å². The maximum absolute atomic E-state index is 12.6. The molecule has 0 fully saturated rings. The van der Waals surface area contributed by atoms with E-state index in [4.69, 9.17) is 49.0 Å². The molecule has 1 aliphatic carbocycles. The number of hydrogen-bond donors (Lipinski definition) is 0. The van der Waals surface area contributed by atoms with E-state index in [1.165, 1.54) is 7.11 Å². The van der Waals surface area contributed by atoms with Gasteiger partial charge in [0.05, 0.1) is 13.2 Å². The number of allylic oxidation sites excluding steroid dienone is 1. The SMILES string of the molecule is COC(=O)N(C(=O)C(Cl)(Cl)Cl)C1CCCC=C1c1ccc2c(c1)OCO2. The fourth-order valence-corrected chi connectivity index (χ4v) is 3.37. The highest BCUT2D eigenvalue weighted by Crippen LogP contribution is 2.40. The van der Waals surface area contributed by atoms with Gasteiger partial charge in [-0.2, -0.15) is 0 Å². The minimum absolute atomic E-state index is 0.154. The molecule has 0 saturated heterocycles. The Morgan fingerprint density at radius 2 is 1.96 bits per heavy atom. The van der Waals surface area contributed by atoms with Gasteiger partial charge in [-0.3, -0.25) is 4.79 Å². The number of rotatable bonds is 2. The normalized spacial score (nSPS) is 18.9. The molecule has 26 heavy (non-hydrogen) atoms. The second-order valence-electron chi connectivity index (χ2n) is 5.82. The van der Waals surface area contributed by atoms with Crippen molar-refractivity contribution in [2.24, 2.45) is 0 Å². The highest BCUT2D eigenvalue weighted by molar-refractivity contribution is 6.76. The number of methoxy groups -OCH3 is 1. The minimum atomic E-state index is -2.27. The minimum Gasteiger partial charge on any atom is -0.454 e. The first-order valence-corrected chi connectivity index (χ1v) is 9.04. The lowest BCUT2D eigenvalue weighted by Gasteiger charge is -2.34. The summed E-state index contributed by atoms with van der Waals surface area (Å²) in [4.78, 5) is 25.8. The third-order valence-electron chi connectivity index (χ3n) is 4.26. The average molecular weight is 421 g/mol. The van der Waals surface area contributed by atoms with Crippen molar-refractivity contribution in [3.63, 3.8) is 0 Å². The number of carbonyl (C=O) groups excluding carboxylic acids is 2. The van der Waals surface area contributed by atoms with Gasteiger partial charge in [0.2, 0.25) is 6.79 Å². The Bertz CT molecular complexity index is 759. The third-order valence-corrected chi connectivity index (χ3v) is 4.74. The number of ether oxygens (including phenoxy) is 3. The first-order chi connectivity index (χ1) is 12.3. The van der Waals surface area contributed by atoms with Gasteiger partial charge in [-0.05, 0) is 42.5 Å². The fraction of sp³-hybridized carbons (Fsp3) is 0.412. The molecule has 0 spiro atoms. The number of nitrogens with zero attached hydrogens (tertiary/aromatic N) is 1. The van der Waals surface area contributed by atoms with Crippen LogP contribution in [0.1, 0.15) is 24.8 Å². The van der Waals surface area contributed by atoms with E-state index in [0.717, 1.165) is 28.9 Å². The van der Waals surface area contributed by atoms with Gasteiger partial charge < -0.3 is 14.2 Å². The van der Waals surface area contributed by atoms with Crippen LogP contribution in [0.5, 0.6) is 11.5 Å². The van der Waals surface area contributed by atoms with Crippen LogP contribution in [-0.4, -0.2) is 40.6 Å². The Balaban J connectivity index is 2.00. The number of alkyl halides is 3. The summed E-state index contributed by atoms with van der Waals surface area (Å²) in [5.74, 6) is 0.293. The van der Waals surface area contributed by atoms with E-state index in [0.29, 0.717) is 17.9 Å². The molecule has 1 aromatic rings. The van der Waals surface area contributed by atoms with Gasteiger partial charge in [0.1, 0.15) is 0 Å². The van der Waals surface area contributed by atoms with Crippen molar-refractivity contribution in [2.45, 2.75) is 29.1 Å². The summed E-state index contributed by atoms with van der Waals surface area (Å²) in [5.41, 5.74) is 1.56. The lowest BCUT2D eigenvalue weighted by Crippen LogP contribution is -2.50. The highest BCUT2D eigenvalue weighted by Gasteiger charge is 2.44. The zero-order valence-corrected chi connectivity index (χ0v) is 16.1. The number of benzene rings is 1. The van der Waals surface area contributed by atoms with Crippen molar-refractivity contribution in [1.82, 2.24) is 4.90 Å². The lowest BCUT2D eigenvalue weighted by molar-refractivity contribution is -0.129. The highest BCUT2D eigenvalue weighted by atomic mass is 35.6. The summed E-state index contributed by atoms with van der Waals surface area (Å²) < 4.78 is 13.2. The second kappa shape index (κ2) is 7.55. The molecule has 0 bridgehead atoms. The van der Waals surface area contributed by atoms with E-state index in [-0.39, 0.29) is 6.79 Å². The third kappa shape index (κ3) is 3.72. The van der Waals surface area contributed by atoms with Crippen LogP contribution in [0.2, 0.25) is 0 Å². The number of fused-ring (bicyclic) bond motifs is 1. The molecule has 6 nitrogen and oxygen atoms in total. The Hall–Kier alpha value is -1.63. The van der Waals surface area contributed by atoms with E-state index in [1.807, 2.05) is 18.2 Å². The van der Waals surface area contributed by atoms with Crippen molar-refractivity contribution >= 4 is 52.4 Å². The number of imide groups is 1. The van der Waals surface area contributed by atoms with E-state index < -0.39 is 21.8 Å². The summed E-state index contributed by atoms with van der Waals surface area (Å²) in [6.45, 7) is 0.154. The Morgan fingerprint density at radius 3 is 2.65 bits per heavy atom. The molecular formula is C17H16Cl3NO5. The molecule has 1 aliphatic heterocycles. The topological polar surface area (TPSA) is 65.1 Å². The molecule has 9 heteroatoms. The van der Waals surface area contributed by atoms with Gasteiger partial charge in [0.25, 0.3) is 9.70 Å². The Kier molecular flexibility index (Phi) is 5.55. The summed E-state index contributed by atoms with van der Waals surface area (Å²) in [6.07, 6.45) is 3.20. The molecule has 140 valence electrons. The lowest BCUT2D eigenvalue weighted by atomic mass is 9.88. The molecule has 0 radical (unpaired) electrons. The number of hydrogen-bond acceptors (Lipinski definition) is 5. The smallest absolute Gasteiger partial charge is 0.416 e. The van der Waals surface area contributed by atoms with Crippen LogP contribution in [0.15, 0.2) is 24.3 Å². The van der Waals surface area contributed by atoms with Gasteiger partial charge in [-0.25, -0.2) is 9.69 Å². The van der Waals surface area contributed by atoms with Crippen molar-refractivity contribution in [1.29, 1.82) is 0 Å². The van der Waals surface area contributed by atoms with E-state index in [1.54, 1.807) is 6.07 Å². The molecule has 1 unspecified atom stereocenters. The molecule has 0 aromatic heterocycles. The fourth-order valence-electron chi connectivity index (χ4n) is 3.10. The van der Waals surface area contributed by atoms with Crippen LogP contribution in [0.25, 0.3) is 5.57 Å². The van der Waals surface area contributed by atoms with Crippen molar-refractivity contribution in [3.8, 4) is 11.5 Å². The van der Waals surface area contributed by atoms with Crippen molar-refractivity contribution < 1.29 is 23.8 Å².